The van der Waals surface area contributed by atoms with Crippen LogP contribution in [0.15, 0.2) is 36.7 Å². The van der Waals surface area contributed by atoms with Crippen molar-refractivity contribution in [2.45, 2.75) is 26.1 Å². The van der Waals surface area contributed by atoms with Crippen molar-refractivity contribution in [2.75, 3.05) is 0 Å². The van der Waals surface area contributed by atoms with Crippen LogP contribution in [0.1, 0.15) is 28.7 Å². The molecule has 1 aromatic carbocycles. The summed E-state index contributed by atoms with van der Waals surface area (Å²) in [4.78, 5) is 16.0. The molecule has 0 saturated heterocycles. The van der Waals surface area contributed by atoms with Crippen LogP contribution in [0.4, 0.5) is 13.2 Å². The van der Waals surface area contributed by atoms with Crippen LogP contribution in [0.25, 0.3) is 0 Å². The summed E-state index contributed by atoms with van der Waals surface area (Å²) < 4.78 is 39.0. The molecular formula is C14H13F3N2O. The number of nitrogens with zero attached hydrogens (tertiary/aromatic N) is 2. The molecule has 0 saturated carbocycles. The van der Waals surface area contributed by atoms with Gasteiger partial charge in [0.2, 0.25) is 5.78 Å². The van der Waals surface area contributed by atoms with Gasteiger partial charge in [-0.1, -0.05) is 12.1 Å². The van der Waals surface area contributed by atoms with Crippen molar-refractivity contribution in [1.82, 2.24) is 9.55 Å². The summed E-state index contributed by atoms with van der Waals surface area (Å²) in [6, 6.07) is 4.60. The van der Waals surface area contributed by atoms with Gasteiger partial charge in [0.1, 0.15) is 0 Å². The zero-order valence-corrected chi connectivity index (χ0v) is 10.8. The van der Waals surface area contributed by atoms with Crippen molar-refractivity contribution in [3.05, 3.63) is 53.6 Å². The highest BCUT2D eigenvalue weighted by Crippen LogP contribution is 2.29. The fourth-order valence-corrected chi connectivity index (χ4v) is 1.89. The Labute approximate surface area is 114 Å². The second-order valence-electron chi connectivity index (χ2n) is 4.33. The molecule has 0 aliphatic carbocycles. The Hall–Kier alpha value is -2.11. The van der Waals surface area contributed by atoms with Crippen LogP contribution < -0.4 is 0 Å². The molecule has 2 rings (SSSR count). The number of aromatic nitrogens is 2. The first-order valence-electron chi connectivity index (χ1n) is 6.12. The van der Waals surface area contributed by atoms with Crippen molar-refractivity contribution < 1.29 is 18.0 Å². The molecule has 106 valence electrons. The van der Waals surface area contributed by atoms with Crippen molar-refractivity contribution >= 4 is 5.78 Å². The van der Waals surface area contributed by atoms with Gasteiger partial charge in [-0.25, -0.2) is 4.98 Å². The highest BCUT2D eigenvalue weighted by Gasteiger charge is 2.30. The second-order valence-corrected chi connectivity index (χ2v) is 4.33. The Morgan fingerprint density at radius 3 is 2.45 bits per heavy atom. The molecule has 0 N–H and O–H groups in total. The molecular weight excluding hydrogens is 269 g/mol. The van der Waals surface area contributed by atoms with E-state index in [2.05, 4.69) is 4.98 Å². The van der Waals surface area contributed by atoms with E-state index >= 15 is 0 Å². The highest BCUT2D eigenvalue weighted by molar-refractivity contribution is 5.94. The SMILES string of the molecule is CCn1ccnc1C(=O)Cc1ccc(C(F)(F)F)cc1. The Kier molecular flexibility index (Phi) is 3.92. The molecule has 0 aliphatic heterocycles. The summed E-state index contributed by atoms with van der Waals surface area (Å²) in [5.74, 6) is 0.115. The first kappa shape index (κ1) is 14.3. The van der Waals surface area contributed by atoms with Crippen LogP contribution in [-0.4, -0.2) is 15.3 Å². The number of Topliss-reactive ketones (excluding diaryl/α,β-unsaturated/α-hetero) is 1. The van der Waals surface area contributed by atoms with Gasteiger partial charge in [-0.05, 0) is 24.6 Å². The van der Waals surface area contributed by atoms with Gasteiger partial charge in [0, 0.05) is 25.4 Å². The third kappa shape index (κ3) is 3.07. The molecule has 0 aliphatic rings. The van der Waals surface area contributed by atoms with Crippen molar-refractivity contribution in [3.8, 4) is 0 Å². The molecule has 6 heteroatoms. The smallest absolute Gasteiger partial charge is 0.329 e. The molecule has 0 spiro atoms. The lowest BCUT2D eigenvalue weighted by molar-refractivity contribution is -0.137. The largest absolute Gasteiger partial charge is 0.416 e. The van der Waals surface area contributed by atoms with Gasteiger partial charge in [0.15, 0.2) is 5.82 Å². The molecule has 0 radical (unpaired) electrons. The van der Waals surface area contributed by atoms with Crippen LogP contribution in [-0.2, 0) is 19.1 Å². The number of ketones is 1. The molecule has 0 fully saturated rings. The maximum Gasteiger partial charge on any atom is 0.416 e. The van der Waals surface area contributed by atoms with E-state index in [1.54, 1.807) is 10.8 Å². The zero-order chi connectivity index (χ0) is 14.8. The Bertz CT molecular complexity index is 600. The molecule has 0 amide bonds. The fraction of sp³-hybridized carbons (Fsp3) is 0.286. The van der Waals surface area contributed by atoms with Crippen molar-refractivity contribution in [3.63, 3.8) is 0 Å². The lowest BCUT2D eigenvalue weighted by Crippen LogP contribution is -2.12. The Morgan fingerprint density at radius 1 is 1.25 bits per heavy atom. The average Bonchev–Trinajstić information content (AvgIpc) is 2.86. The first-order chi connectivity index (χ1) is 9.41. The maximum absolute atomic E-state index is 12.4. The number of carbonyl (C=O) groups is 1. The minimum atomic E-state index is -4.36. The summed E-state index contributed by atoms with van der Waals surface area (Å²) in [6.45, 7) is 2.50. The van der Waals surface area contributed by atoms with E-state index in [1.807, 2.05) is 6.92 Å². The third-order valence-corrected chi connectivity index (χ3v) is 2.95. The minimum absolute atomic E-state index is 0.0369. The van der Waals surface area contributed by atoms with Crippen LogP contribution in [0.5, 0.6) is 0 Å². The number of imidazole rings is 1. The number of alkyl halides is 3. The van der Waals surface area contributed by atoms with Crippen LogP contribution in [0.2, 0.25) is 0 Å². The predicted molar refractivity (Wildman–Crippen MR) is 67.4 cm³/mol. The van der Waals surface area contributed by atoms with Crippen LogP contribution >= 0.6 is 0 Å². The maximum atomic E-state index is 12.4. The lowest BCUT2D eigenvalue weighted by Gasteiger charge is -2.07. The fourth-order valence-electron chi connectivity index (χ4n) is 1.89. The molecule has 20 heavy (non-hydrogen) atoms. The second kappa shape index (κ2) is 5.48. The van der Waals surface area contributed by atoms with E-state index in [0.29, 0.717) is 17.9 Å². The summed E-state index contributed by atoms with van der Waals surface area (Å²) in [7, 11) is 0. The van der Waals surface area contributed by atoms with Gasteiger partial charge in [-0.3, -0.25) is 4.79 Å². The number of benzene rings is 1. The molecule has 0 unspecified atom stereocenters. The Balaban J connectivity index is 2.13. The number of aryl methyl sites for hydroxylation is 1. The Morgan fingerprint density at radius 2 is 1.90 bits per heavy atom. The normalized spacial score (nSPS) is 11.6. The number of hydrogen-bond acceptors (Lipinski definition) is 2. The van der Waals surface area contributed by atoms with E-state index < -0.39 is 11.7 Å². The number of carbonyl (C=O) groups excluding carboxylic acids is 1. The zero-order valence-electron chi connectivity index (χ0n) is 10.8. The molecule has 0 atom stereocenters. The molecule has 1 aromatic heterocycles. The van der Waals surface area contributed by atoms with Crippen LogP contribution in [0.3, 0.4) is 0 Å². The average molecular weight is 282 g/mol. The van der Waals surface area contributed by atoms with Gasteiger partial charge in [-0.2, -0.15) is 13.2 Å². The highest BCUT2D eigenvalue weighted by atomic mass is 19.4. The van der Waals surface area contributed by atoms with E-state index in [1.165, 1.54) is 18.3 Å². The molecule has 2 aromatic rings. The minimum Gasteiger partial charge on any atom is -0.329 e. The summed E-state index contributed by atoms with van der Waals surface area (Å²) >= 11 is 0. The van der Waals surface area contributed by atoms with E-state index in [9.17, 15) is 18.0 Å². The van der Waals surface area contributed by atoms with Gasteiger partial charge >= 0.3 is 6.18 Å². The van der Waals surface area contributed by atoms with Gasteiger partial charge in [0.05, 0.1) is 5.56 Å². The van der Waals surface area contributed by atoms with E-state index in [4.69, 9.17) is 0 Å². The summed E-state index contributed by atoms with van der Waals surface area (Å²) in [5.41, 5.74) is -0.183. The summed E-state index contributed by atoms with van der Waals surface area (Å²) in [5, 5.41) is 0. The molecule has 3 nitrogen and oxygen atoms in total. The van der Waals surface area contributed by atoms with E-state index in [-0.39, 0.29) is 12.2 Å². The van der Waals surface area contributed by atoms with Crippen molar-refractivity contribution in [2.24, 2.45) is 0 Å². The van der Waals surface area contributed by atoms with Gasteiger partial charge < -0.3 is 4.57 Å². The monoisotopic (exact) mass is 282 g/mol. The summed E-state index contributed by atoms with van der Waals surface area (Å²) in [6.07, 6.45) is -1.10. The van der Waals surface area contributed by atoms with Gasteiger partial charge in [0.25, 0.3) is 0 Å². The molecule has 1 heterocycles. The standard InChI is InChI=1S/C14H13F3N2O/c1-2-19-8-7-18-13(19)12(20)9-10-3-5-11(6-4-10)14(15,16)17/h3-8H,2,9H2,1H3. The first-order valence-corrected chi connectivity index (χ1v) is 6.12. The third-order valence-electron chi connectivity index (χ3n) is 2.95. The van der Waals surface area contributed by atoms with Crippen LogP contribution in [0, 0.1) is 0 Å². The topological polar surface area (TPSA) is 34.9 Å². The van der Waals surface area contributed by atoms with Gasteiger partial charge in [-0.15, -0.1) is 0 Å². The predicted octanol–water partition coefficient (Wildman–Crippen LogP) is 3.35. The van der Waals surface area contributed by atoms with Crippen molar-refractivity contribution in [1.29, 1.82) is 0 Å². The van der Waals surface area contributed by atoms with E-state index in [0.717, 1.165) is 12.1 Å². The lowest BCUT2D eigenvalue weighted by atomic mass is 10.1. The number of rotatable bonds is 4. The quantitative estimate of drug-likeness (QED) is 0.806. The number of halogens is 3. The molecule has 0 bridgehead atoms. The number of hydrogen-bond donors (Lipinski definition) is 0.